The molecule has 0 spiro atoms. The van der Waals surface area contributed by atoms with Crippen molar-refractivity contribution >= 4 is 0 Å². The number of nitrogens with two attached hydrogens (primary N) is 1. The summed E-state index contributed by atoms with van der Waals surface area (Å²) in [5.41, 5.74) is 5.36. The summed E-state index contributed by atoms with van der Waals surface area (Å²) in [7, 11) is 0. The maximum atomic E-state index is 13.9. The van der Waals surface area contributed by atoms with E-state index in [-0.39, 0.29) is 11.2 Å². The maximum Gasteiger partial charge on any atom is 0.126 e. The van der Waals surface area contributed by atoms with Gasteiger partial charge >= 0.3 is 0 Å². The minimum atomic E-state index is -0.964. The molecule has 1 unspecified atom stereocenters. The molecule has 2 rings (SSSR count). The lowest BCUT2D eigenvalue weighted by Gasteiger charge is -2.45. The molecule has 0 radical (unpaired) electrons. The van der Waals surface area contributed by atoms with Crippen molar-refractivity contribution in [1.29, 1.82) is 0 Å². The molecular formula is C17H26FNO. The standard InChI is InChI=1S/C17H26FNO/c1-16(20,12-14-8-4-5-9-15(14)18)17(13-19)10-6-2-3-7-11-17/h4-5,8-9,20H,2-3,6-7,10-13,19H2,1H3. The summed E-state index contributed by atoms with van der Waals surface area (Å²) in [5.74, 6) is -0.242. The number of benzene rings is 1. The van der Waals surface area contributed by atoms with Gasteiger partial charge in [0.1, 0.15) is 5.82 Å². The van der Waals surface area contributed by atoms with E-state index in [1.165, 1.54) is 18.9 Å². The largest absolute Gasteiger partial charge is 0.389 e. The Hall–Kier alpha value is -0.930. The number of hydrogen-bond donors (Lipinski definition) is 2. The first-order chi connectivity index (χ1) is 9.51. The molecule has 3 N–H and O–H groups in total. The lowest BCUT2D eigenvalue weighted by atomic mass is 9.65. The SMILES string of the molecule is CC(O)(Cc1ccccc1F)C1(CN)CCCCCC1. The zero-order valence-electron chi connectivity index (χ0n) is 12.4. The zero-order chi connectivity index (χ0) is 14.6. The van der Waals surface area contributed by atoms with Crippen molar-refractivity contribution in [3.05, 3.63) is 35.6 Å². The molecule has 2 nitrogen and oxygen atoms in total. The number of halogens is 1. The molecule has 0 amide bonds. The van der Waals surface area contributed by atoms with Gasteiger partial charge in [-0.2, -0.15) is 0 Å². The third-order valence-electron chi connectivity index (χ3n) is 5.09. The smallest absolute Gasteiger partial charge is 0.126 e. The van der Waals surface area contributed by atoms with Crippen molar-refractivity contribution in [2.24, 2.45) is 11.1 Å². The van der Waals surface area contributed by atoms with E-state index in [4.69, 9.17) is 5.73 Å². The maximum absolute atomic E-state index is 13.9. The van der Waals surface area contributed by atoms with Crippen LogP contribution in [0, 0.1) is 11.2 Å². The predicted octanol–water partition coefficient (Wildman–Crippen LogP) is 3.42. The molecule has 0 aromatic heterocycles. The van der Waals surface area contributed by atoms with Crippen LogP contribution in [0.3, 0.4) is 0 Å². The molecule has 0 saturated heterocycles. The van der Waals surface area contributed by atoms with Crippen LogP contribution in [-0.4, -0.2) is 17.3 Å². The Bertz CT molecular complexity index is 436. The molecule has 1 aliphatic rings. The lowest BCUT2D eigenvalue weighted by molar-refractivity contribution is -0.0749. The molecule has 0 bridgehead atoms. The molecule has 1 aromatic carbocycles. The Labute approximate surface area is 121 Å². The van der Waals surface area contributed by atoms with Crippen molar-refractivity contribution in [2.45, 2.75) is 57.5 Å². The highest BCUT2D eigenvalue weighted by Gasteiger charge is 2.45. The van der Waals surface area contributed by atoms with Gasteiger partial charge in [0.2, 0.25) is 0 Å². The summed E-state index contributed by atoms with van der Waals surface area (Å²) in [6.07, 6.45) is 6.82. The molecule has 20 heavy (non-hydrogen) atoms. The monoisotopic (exact) mass is 279 g/mol. The Morgan fingerprint density at radius 3 is 2.35 bits per heavy atom. The Kier molecular flexibility index (Phi) is 4.82. The third-order valence-corrected chi connectivity index (χ3v) is 5.09. The van der Waals surface area contributed by atoms with Gasteiger partial charge in [0.25, 0.3) is 0 Å². The van der Waals surface area contributed by atoms with E-state index >= 15 is 0 Å². The normalized spacial score (nSPS) is 22.0. The average Bonchev–Trinajstić information content (AvgIpc) is 2.68. The van der Waals surface area contributed by atoms with E-state index in [2.05, 4.69) is 0 Å². The minimum Gasteiger partial charge on any atom is -0.389 e. The predicted molar refractivity (Wildman–Crippen MR) is 79.9 cm³/mol. The molecular weight excluding hydrogens is 253 g/mol. The minimum absolute atomic E-state index is 0.242. The number of rotatable bonds is 4. The van der Waals surface area contributed by atoms with Crippen LogP contribution in [0.1, 0.15) is 51.0 Å². The van der Waals surface area contributed by atoms with E-state index in [1.807, 2.05) is 13.0 Å². The van der Waals surface area contributed by atoms with Crippen LogP contribution >= 0.6 is 0 Å². The average molecular weight is 279 g/mol. The van der Waals surface area contributed by atoms with Gasteiger partial charge in [0.05, 0.1) is 5.60 Å². The number of hydrogen-bond acceptors (Lipinski definition) is 2. The van der Waals surface area contributed by atoms with Crippen molar-refractivity contribution in [2.75, 3.05) is 6.54 Å². The second kappa shape index (κ2) is 6.23. The van der Waals surface area contributed by atoms with Gasteiger partial charge in [0, 0.05) is 18.4 Å². The van der Waals surface area contributed by atoms with Crippen LogP contribution < -0.4 is 5.73 Å². The number of aliphatic hydroxyl groups is 1. The fourth-order valence-corrected chi connectivity index (χ4v) is 3.57. The Morgan fingerprint density at radius 2 is 1.80 bits per heavy atom. The fraction of sp³-hybridized carbons (Fsp3) is 0.647. The molecule has 1 aliphatic carbocycles. The highest BCUT2D eigenvalue weighted by Crippen LogP contribution is 2.44. The summed E-state index contributed by atoms with van der Waals surface area (Å²) < 4.78 is 13.9. The lowest BCUT2D eigenvalue weighted by Crippen LogP contribution is -2.52. The first-order valence-corrected chi connectivity index (χ1v) is 7.67. The van der Waals surface area contributed by atoms with E-state index < -0.39 is 5.60 Å². The van der Waals surface area contributed by atoms with Gasteiger partial charge in [-0.15, -0.1) is 0 Å². The fourth-order valence-electron chi connectivity index (χ4n) is 3.57. The molecule has 1 aromatic rings. The van der Waals surface area contributed by atoms with E-state index in [0.29, 0.717) is 18.5 Å². The summed E-state index contributed by atoms with van der Waals surface area (Å²) in [6.45, 7) is 2.30. The summed E-state index contributed by atoms with van der Waals surface area (Å²) in [4.78, 5) is 0. The molecule has 1 atom stereocenters. The van der Waals surface area contributed by atoms with Crippen molar-refractivity contribution < 1.29 is 9.50 Å². The van der Waals surface area contributed by atoms with Crippen LogP contribution in [0.25, 0.3) is 0 Å². The first kappa shape index (κ1) is 15.5. The molecule has 0 aliphatic heterocycles. The molecule has 112 valence electrons. The molecule has 1 saturated carbocycles. The van der Waals surface area contributed by atoms with Crippen molar-refractivity contribution in [1.82, 2.24) is 0 Å². The third kappa shape index (κ3) is 3.04. The quantitative estimate of drug-likeness (QED) is 0.830. The second-order valence-corrected chi connectivity index (χ2v) is 6.44. The van der Waals surface area contributed by atoms with Gasteiger partial charge in [-0.25, -0.2) is 4.39 Å². The molecule has 3 heteroatoms. The summed E-state index contributed by atoms with van der Waals surface area (Å²) >= 11 is 0. The van der Waals surface area contributed by atoms with Gasteiger partial charge in [0.15, 0.2) is 0 Å². The van der Waals surface area contributed by atoms with Gasteiger partial charge in [-0.1, -0.05) is 43.9 Å². The van der Waals surface area contributed by atoms with Gasteiger partial charge < -0.3 is 10.8 Å². The van der Waals surface area contributed by atoms with Crippen LogP contribution in [0.4, 0.5) is 4.39 Å². The van der Waals surface area contributed by atoms with Crippen LogP contribution in [0.5, 0.6) is 0 Å². The summed E-state index contributed by atoms with van der Waals surface area (Å²) in [6, 6.07) is 6.70. The van der Waals surface area contributed by atoms with Crippen molar-refractivity contribution in [3.8, 4) is 0 Å². The highest BCUT2D eigenvalue weighted by atomic mass is 19.1. The van der Waals surface area contributed by atoms with E-state index in [0.717, 1.165) is 25.7 Å². The van der Waals surface area contributed by atoms with E-state index in [9.17, 15) is 9.50 Å². The van der Waals surface area contributed by atoms with Crippen LogP contribution in [0.15, 0.2) is 24.3 Å². The zero-order valence-corrected chi connectivity index (χ0v) is 12.4. The molecule has 0 heterocycles. The first-order valence-electron chi connectivity index (χ1n) is 7.67. The topological polar surface area (TPSA) is 46.2 Å². The Balaban J connectivity index is 2.24. The highest BCUT2D eigenvalue weighted by molar-refractivity contribution is 5.20. The molecule has 1 fully saturated rings. The van der Waals surface area contributed by atoms with E-state index in [1.54, 1.807) is 12.1 Å². The van der Waals surface area contributed by atoms with Crippen LogP contribution in [0.2, 0.25) is 0 Å². The Morgan fingerprint density at radius 1 is 1.20 bits per heavy atom. The van der Waals surface area contributed by atoms with Crippen molar-refractivity contribution in [3.63, 3.8) is 0 Å². The second-order valence-electron chi connectivity index (χ2n) is 6.44. The van der Waals surface area contributed by atoms with Crippen LogP contribution in [-0.2, 0) is 6.42 Å². The van der Waals surface area contributed by atoms with Gasteiger partial charge in [-0.3, -0.25) is 0 Å². The summed E-state index contributed by atoms with van der Waals surface area (Å²) in [5, 5.41) is 11.0. The van der Waals surface area contributed by atoms with Gasteiger partial charge in [-0.05, 0) is 31.4 Å².